The summed E-state index contributed by atoms with van der Waals surface area (Å²) in [6.07, 6.45) is 1.26. The highest BCUT2D eigenvalue weighted by Crippen LogP contribution is 2.06. The van der Waals surface area contributed by atoms with E-state index in [9.17, 15) is 4.39 Å². The van der Waals surface area contributed by atoms with Crippen LogP contribution < -0.4 is 11.5 Å². The Hall–Kier alpha value is -1.51. The minimum atomic E-state index is -0.509. The Balaban J connectivity index is 2.96. The fourth-order valence-corrected chi connectivity index (χ4v) is 0.777. The highest BCUT2D eigenvalue weighted by atomic mass is 32.1. The number of aromatic nitrogens is 1. The van der Waals surface area contributed by atoms with Gasteiger partial charge in [-0.05, 0) is 0 Å². The molecule has 3 nitrogen and oxygen atoms in total. The molecule has 0 bridgehead atoms. The van der Waals surface area contributed by atoms with Crippen molar-refractivity contribution < 1.29 is 4.39 Å². The maximum atomic E-state index is 13.1. The summed E-state index contributed by atoms with van der Waals surface area (Å²) in [5.74, 6) is 4.68. The number of nitrogen functional groups attached to an aromatic ring is 1. The fraction of sp³-hybridized carbons (Fsp3) is 0.111. The normalized spacial score (nSPS) is 9.00. The lowest BCUT2D eigenvalue weighted by Gasteiger charge is -1.94. The second-order valence-corrected chi connectivity index (χ2v) is 2.96. The number of rotatable bonds is 1. The molecule has 1 aromatic rings. The average molecular weight is 209 g/mol. The fourth-order valence-electron chi connectivity index (χ4n) is 0.726. The molecule has 5 heteroatoms. The minimum absolute atomic E-state index is 0.120. The number of nitrogens with zero attached hydrogens (tertiary/aromatic N) is 1. The van der Waals surface area contributed by atoms with Crippen molar-refractivity contribution in [3.8, 4) is 11.8 Å². The first kappa shape index (κ1) is 10.6. The summed E-state index contributed by atoms with van der Waals surface area (Å²) in [4.78, 5) is 4.08. The molecule has 14 heavy (non-hydrogen) atoms. The van der Waals surface area contributed by atoms with E-state index in [0.717, 1.165) is 6.07 Å². The molecule has 72 valence electrons. The monoisotopic (exact) mass is 209 g/mol. The Morgan fingerprint density at radius 2 is 2.36 bits per heavy atom. The number of nitrogens with two attached hydrogens (primary N) is 2. The molecule has 4 N–H and O–H groups in total. The molecule has 0 radical (unpaired) electrons. The van der Waals surface area contributed by atoms with Crippen molar-refractivity contribution in [2.45, 2.75) is 0 Å². The zero-order valence-corrected chi connectivity index (χ0v) is 8.07. The third-order valence-electron chi connectivity index (χ3n) is 1.40. The van der Waals surface area contributed by atoms with Crippen LogP contribution in [-0.2, 0) is 0 Å². The Bertz CT molecular complexity index is 420. The number of thiocarbonyl (C=S) groups is 1. The van der Waals surface area contributed by atoms with Gasteiger partial charge in [-0.25, -0.2) is 9.37 Å². The molecular weight excluding hydrogens is 201 g/mol. The van der Waals surface area contributed by atoms with Crippen LogP contribution in [0.15, 0.2) is 12.3 Å². The van der Waals surface area contributed by atoms with Crippen molar-refractivity contribution in [2.75, 3.05) is 12.3 Å². The Morgan fingerprint density at radius 1 is 1.64 bits per heavy atom. The summed E-state index contributed by atoms with van der Waals surface area (Å²) < 4.78 is 13.1. The quantitative estimate of drug-likeness (QED) is 0.521. The molecule has 0 atom stereocenters. The first-order valence-electron chi connectivity index (χ1n) is 3.79. The number of anilines is 1. The number of halogens is 1. The van der Waals surface area contributed by atoms with E-state index in [-0.39, 0.29) is 17.9 Å². The van der Waals surface area contributed by atoms with Gasteiger partial charge in [0.25, 0.3) is 0 Å². The smallest absolute Gasteiger partial charge is 0.144 e. The van der Waals surface area contributed by atoms with Crippen LogP contribution >= 0.6 is 12.2 Å². The molecule has 0 aromatic carbocycles. The molecule has 0 amide bonds. The summed E-state index contributed by atoms with van der Waals surface area (Å²) in [7, 11) is 0. The Labute approximate surface area is 86.3 Å². The van der Waals surface area contributed by atoms with Gasteiger partial charge in [0.1, 0.15) is 11.6 Å². The van der Waals surface area contributed by atoms with E-state index in [1.807, 2.05) is 0 Å². The zero-order valence-electron chi connectivity index (χ0n) is 7.25. The van der Waals surface area contributed by atoms with Gasteiger partial charge < -0.3 is 11.5 Å². The molecule has 1 rings (SSSR count). The van der Waals surface area contributed by atoms with Crippen LogP contribution in [0.1, 0.15) is 5.56 Å². The standard InChI is InChI=1S/C9H8FN3S/c10-8-3-9(12)13-5-6(8)1-2-7(14)4-11/h3,5H,4,11H2,(H2,12,13). The number of hydrogen-bond acceptors (Lipinski definition) is 4. The minimum Gasteiger partial charge on any atom is -0.384 e. The van der Waals surface area contributed by atoms with Gasteiger partial charge in [0.2, 0.25) is 0 Å². The predicted octanol–water partition coefficient (Wildman–Crippen LogP) is 0.483. The van der Waals surface area contributed by atoms with E-state index in [0.29, 0.717) is 4.86 Å². The lowest BCUT2D eigenvalue weighted by molar-refractivity contribution is 0.623. The van der Waals surface area contributed by atoms with Gasteiger partial charge in [-0.15, -0.1) is 0 Å². The second kappa shape index (κ2) is 4.65. The largest absolute Gasteiger partial charge is 0.384 e. The molecular formula is C9H8FN3S. The van der Waals surface area contributed by atoms with E-state index < -0.39 is 5.82 Å². The van der Waals surface area contributed by atoms with E-state index in [2.05, 4.69) is 16.8 Å². The highest BCUT2D eigenvalue weighted by Gasteiger charge is 1.99. The van der Waals surface area contributed by atoms with Crippen molar-refractivity contribution in [2.24, 2.45) is 5.73 Å². The predicted molar refractivity (Wildman–Crippen MR) is 57.1 cm³/mol. The highest BCUT2D eigenvalue weighted by molar-refractivity contribution is 7.81. The van der Waals surface area contributed by atoms with Gasteiger partial charge in [-0.3, -0.25) is 0 Å². The molecule has 0 aliphatic heterocycles. The third kappa shape index (κ3) is 2.76. The number of pyridine rings is 1. The summed E-state index contributed by atoms with van der Waals surface area (Å²) in [6.45, 7) is 0.187. The molecule has 0 aliphatic carbocycles. The maximum Gasteiger partial charge on any atom is 0.144 e. The van der Waals surface area contributed by atoms with Crippen molar-refractivity contribution in [1.29, 1.82) is 0 Å². The molecule has 0 spiro atoms. The first-order chi connectivity index (χ1) is 6.63. The van der Waals surface area contributed by atoms with E-state index in [1.54, 1.807) is 0 Å². The van der Waals surface area contributed by atoms with E-state index in [1.165, 1.54) is 6.20 Å². The van der Waals surface area contributed by atoms with Crippen molar-refractivity contribution >= 4 is 22.9 Å². The van der Waals surface area contributed by atoms with Gasteiger partial charge in [-0.1, -0.05) is 24.1 Å². The van der Waals surface area contributed by atoms with Gasteiger partial charge >= 0.3 is 0 Å². The topological polar surface area (TPSA) is 64.9 Å². The summed E-state index contributed by atoms with van der Waals surface area (Å²) >= 11 is 4.76. The van der Waals surface area contributed by atoms with E-state index in [4.69, 9.17) is 23.7 Å². The van der Waals surface area contributed by atoms with Gasteiger partial charge in [0, 0.05) is 18.8 Å². The Kier molecular flexibility index (Phi) is 3.51. The summed E-state index contributed by atoms with van der Waals surface area (Å²) in [6, 6.07) is 1.11. The van der Waals surface area contributed by atoms with Crippen LogP contribution in [0.4, 0.5) is 10.2 Å². The first-order valence-corrected chi connectivity index (χ1v) is 4.20. The maximum absolute atomic E-state index is 13.1. The zero-order chi connectivity index (χ0) is 10.6. The molecule has 0 saturated carbocycles. The van der Waals surface area contributed by atoms with Crippen LogP contribution in [0.5, 0.6) is 0 Å². The van der Waals surface area contributed by atoms with Gasteiger partial charge in [0.15, 0.2) is 0 Å². The van der Waals surface area contributed by atoms with Crippen molar-refractivity contribution in [3.05, 3.63) is 23.6 Å². The van der Waals surface area contributed by atoms with Crippen LogP contribution in [0.3, 0.4) is 0 Å². The summed E-state index contributed by atoms with van der Waals surface area (Å²) in [5, 5.41) is 0. The van der Waals surface area contributed by atoms with Gasteiger partial charge in [-0.2, -0.15) is 0 Å². The summed E-state index contributed by atoms with van der Waals surface area (Å²) in [5.41, 5.74) is 10.7. The van der Waals surface area contributed by atoms with Crippen molar-refractivity contribution in [3.63, 3.8) is 0 Å². The van der Waals surface area contributed by atoms with Crippen LogP contribution in [0, 0.1) is 17.7 Å². The second-order valence-electron chi connectivity index (χ2n) is 2.47. The molecule has 1 heterocycles. The molecule has 0 unspecified atom stereocenters. The molecule has 0 aliphatic rings. The molecule has 0 fully saturated rings. The number of hydrogen-bond donors (Lipinski definition) is 2. The van der Waals surface area contributed by atoms with Crippen LogP contribution in [0.2, 0.25) is 0 Å². The molecule has 1 aromatic heterocycles. The lowest BCUT2D eigenvalue weighted by atomic mass is 10.2. The average Bonchev–Trinajstić information content (AvgIpc) is 2.16. The third-order valence-corrected chi connectivity index (χ3v) is 1.67. The van der Waals surface area contributed by atoms with Crippen LogP contribution in [-0.4, -0.2) is 16.4 Å². The SMILES string of the molecule is NCC(=S)C#Cc1cnc(N)cc1F. The van der Waals surface area contributed by atoms with Crippen LogP contribution in [0.25, 0.3) is 0 Å². The van der Waals surface area contributed by atoms with Crippen molar-refractivity contribution in [1.82, 2.24) is 4.98 Å². The lowest BCUT2D eigenvalue weighted by Crippen LogP contribution is -2.08. The van der Waals surface area contributed by atoms with E-state index >= 15 is 0 Å². The molecule has 0 saturated heterocycles. The Morgan fingerprint density at radius 3 is 2.93 bits per heavy atom. The van der Waals surface area contributed by atoms with Gasteiger partial charge in [0.05, 0.1) is 10.4 Å².